The summed E-state index contributed by atoms with van der Waals surface area (Å²) in [5.41, 5.74) is 0. The van der Waals surface area contributed by atoms with Crippen LogP contribution >= 0.6 is 7.60 Å². The Morgan fingerprint density at radius 3 is 2.00 bits per heavy atom. The van der Waals surface area contributed by atoms with Gasteiger partial charge in [-0.25, -0.2) is 0 Å². The lowest BCUT2D eigenvalue weighted by molar-refractivity contribution is 0.0219. The zero-order valence-corrected chi connectivity index (χ0v) is 9.24. The van der Waals surface area contributed by atoms with Crippen molar-refractivity contribution in [2.75, 3.05) is 27.4 Å². The van der Waals surface area contributed by atoms with Gasteiger partial charge in [0, 0.05) is 20.0 Å². The fourth-order valence-electron chi connectivity index (χ4n) is 1.23. The Labute approximate surface area is 83.5 Å². The lowest BCUT2D eigenvalue weighted by Gasteiger charge is -2.13. The number of hydrogen-bond donors (Lipinski definition) is 0. The molecule has 1 saturated heterocycles. The Balaban J connectivity index is 2.64. The Bertz CT molecular complexity index is 224. The summed E-state index contributed by atoms with van der Waals surface area (Å²) in [4.78, 5) is 0. The Kier molecular flexibility index (Phi) is 4.29. The minimum Gasteiger partial charge on any atom is -0.382 e. The monoisotopic (exact) mass is 222 g/mol. The number of methoxy groups -OCH3 is 2. The van der Waals surface area contributed by atoms with E-state index in [9.17, 15) is 4.57 Å². The molecular weight excluding hydrogens is 207 g/mol. The Morgan fingerprint density at radius 1 is 1.29 bits per heavy atom. The summed E-state index contributed by atoms with van der Waals surface area (Å²) >= 11 is 0. The highest BCUT2D eigenvalue weighted by Crippen LogP contribution is 2.57. The van der Waals surface area contributed by atoms with E-state index in [1.54, 1.807) is 14.2 Å². The van der Waals surface area contributed by atoms with E-state index in [-0.39, 0.29) is 12.2 Å². The van der Waals surface area contributed by atoms with Crippen LogP contribution in [0.15, 0.2) is 12.4 Å². The Hall–Kier alpha value is -0.190. The average Bonchev–Trinajstić information content (AvgIpc) is 2.46. The number of hydrogen-bond acceptors (Lipinski definition) is 5. The third-order valence-corrected chi connectivity index (χ3v) is 3.44. The molecule has 0 radical (unpaired) electrons. The van der Waals surface area contributed by atoms with E-state index >= 15 is 0 Å². The van der Waals surface area contributed by atoms with Crippen LogP contribution in [-0.2, 0) is 23.1 Å². The predicted molar refractivity (Wildman–Crippen MR) is 51.3 cm³/mol. The predicted octanol–water partition coefficient (Wildman–Crippen LogP) is 1.40. The summed E-state index contributed by atoms with van der Waals surface area (Å²) in [6.07, 6.45) is -0.715. The highest BCUT2D eigenvalue weighted by Gasteiger charge is 2.42. The third kappa shape index (κ3) is 2.65. The first-order valence-electron chi connectivity index (χ1n) is 4.23. The van der Waals surface area contributed by atoms with Gasteiger partial charge in [0.05, 0.1) is 13.2 Å². The van der Waals surface area contributed by atoms with Crippen LogP contribution < -0.4 is 0 Å². The first-order chi connectivity index (χ1) is 6.65. The van der Waals surface area contributed by atoms with Crippen molar-refractivity contribution < 1.29 is 23.1 Å². The van der Waals surface area contributed by atoms with Gasteiger partial charge in [0.25, 0.3) is 0 Å². The molecule has 0 N–H and O–H groups in total. The van der Waals surface area contributed by atoms with Crippen LogP contribution in [0.2, 0.25) is 0 Å². The molecular formula is C8H15O5P. The first-order valence-corrected chi connectivity index (χ1v) is 5.84. The van der Waals surface area contributed by atoms with Gasteiger partial charge in [0.15, 0.2) is 0 Å². The van der Waals surface area contributed by atoms with Crippen molar-refractivity contribution in [3.8, 4) is 0 Å². The number of rotatable bonds is 5. The van der Waals surface area contributed by atoms with E-state index in [4.69, 9.17) is 18.5 Å². The molecule has 1 aliphatic heterocycles. The molecule has 0 bridgehead atoms. The highest BCUT2D eigenvalue weighted by molar-refractivity contribution is 7.57. The fourth-order valence-corrected chi connectivity index (χ4v) is 2.60. The summed E-state index contributed by atoms with van der Waals surface area (Å²) in [6.45, 7) is 4.06. The second-order valence-corrected chi connectivity index (χ2v) is 4.79. The summed E-state index contributed by atoms with van der Waals surface area (Å²) in [5, 5.41) is 0. The van der Waals surface area contributed by atoms with Gasteiger partial charge in [0.2, 0.25) is 0 Å². The standard InChI is InChI=1S/C8H15O5P/c1-4-14(9)12-7(5-10-2)8(13-14)6-11-3/h4,7-8H,1,5-6H2,2-3H3/t7-,8-/m0/s1. The fraction of sp³-hybridized carbons (Fsp3) is 0.750. The lowest BCUT2D eigenvalue weighted by Crippen LogP contribution is -2.30. The smallest absolute Gasteiger partial charge is 0.354 e. The van der Waals surface area contributed by atoms with E-state index in [0.717, 1.165) is 0 Å². The normalized spacial score (nSPS) is 30.4. The van der Waals surface area contributed by atoms with Gasteiger partial charge >= 0.3 is 7.60 Å². The summed E-state index contributed by atoms with van der Waals surface area (Å²) in [6, 6.07) is 0. The molecule has 0 unspecified atom stereocenters. The van der Waals surface area contributed by atoms with Gasteiger partial charge in [-0.05, 0) is 0 Å². The van der Waals surface area contributed by atoms with E-state index in [0.29, 0.717) is 13.2 Å². The largest absolute Gasteiger partial charge is 0.382 e. The van der Waals surface area contributed by atoms with Crippen molar-refractivity contribution in [2.45, 2.75) is 12.2 Å². The van der Waals surface area contributed by atoms with Gasteiger partial charge in [-0.2, -0.15) is 0 Å². The molecule has 1 aliphatic rings. The minimum atomic E-state index is -3.12. The van der Waals surface area contributed by atoms with Crippen LogP contribution in [0.3, 0.4) is 0 Å². The zero-order valence-electron chi connectivity index (χ0n) is 8.34. The van der Waals surface area contributed by atoms with E-state index in [1.807, 2.05) is 0 Å². The molecule has 1 heterocycles. The van der Waals surface area contributed by atoms with Crippen molar-refractivity contribution in [1.82, 2.24) is 0 Å². The topological polar surface area (TPSA) is 54.0 Å². The number of ether oxygens (including phenoxy) is 2. The molecule has 5 nitrogen and oxygen atoms in total. The second-order valence-electron chi connectivity index (χ2n) is 2.92. The molecule has 0 aromatic heterocycles. The van der Waals surface area contributed by atoms with E-state index < -0.39 is 7.60 Å². The molecule has 1 fully saturated rings. The average molecular weight is 222 g/mol. The molecule has 14 heavy (non-hydrogen) atoms. The maximum absolute atomic E-state index is 11.7. The van der Waals surface area contributed by atoms with Crippen molar-refractivity contribution in [3.63, 3.8) is 0 Å². The molecule has 1 rings (SSSR count). The molecule has 0 aromatic rings. The van der Waals surface area contributed by atoms with Crippen LogP contribution in [0.1, 0.15) is 0 Å². The first kappa shape index (κ1) is 11.9. The van der Waals surface area contributed by atoms with E-state index in [1.165, 1.54) is 5.82 Å². The summed E-state index contributed by atoms with van der Waals surface area (Å²) < 4.78 is 32.0. The van der Waals surface area contributed by atoms with Crippen LogP contribution in [0.5, 0.6) is 0 Å². The molecule has 2 atom stereocenters. The molecule has 0 spiro atoms. The van der Waals surface area contributed by atoms with Crippen molar-refractivity contribution in [1.29, 1.82) is 0 Å². The maximum atomic E-state index is 11.7. The molecule has 0 aromatic carbocycles. The molecule has 6 heteroatoms. The van der Waals surface area contributed by atoms with Crippen LogP contribution in [-0.4, -0.2) is 39.6 Å². The minimum absolute atomic E-state index is 0.325. The molecule has 0 amide bonds. The van der Waals surface area contributed by atoms with Crippen molar-refractivity contribution in [3.05, 3.63) is 12.4 Å². The molecule has 82 valence electrons. The molecule has 0 saturated carbocycles. The highest BCUT2D eigenvalue weighted by atomic mass is 31.2. The van der Waals surface area contributed by atoms with Crippen molar-refractivity contribution in [2.24, 2.45) is 0 Å². The SMILES string of the molecule is C=CP1(=O)O[C@@H](COC)[C@H](COC)O1. The van der Waals surface area contributed by atoms with Gasteiger partial charge in [-0.1, -0.05) is 6.58 Å². The summed E-state index contributed by atoms with van der Waals surface area (Å²) in [7, 11) is -0.0267. The van der Waals surface area contributed by atoms with Gasteiger partial charge in [0.1, 0.15) is 12.2 Å². The molecule has 0 aliphatic carbocycles. The second kappa shape index (κ2) is 5.05. The summed E-state index contributed by atoms with van der Waals surface area (Å²) in [5.74, 6) is 1.20. The van der Waals surface area contributed by atoms with Crippen LogP contribution in [0.4, 0.5) is 0 Å². The van der Waals surface area contributed by atoms with Crippen LogP contribution in [0, 0.1) is 0 Å². The van der Waals surface area contributed by atoms with E-state index in [2.05, 4.69) is 6.58 Å². The quantitative estimate of drug-likeness (QED) is 0.658. The lowest BCUT2D eigenvalue weighted by atomic mass is 10.2. The zero-order chi connectivity index (χ0) is 10.6. The van der Waals surface area contributed by atoms with Crippen LogP contribution in [0.25, 0.3) is 0 Å². The third-order valence-electron chi connectivity index (χ3n) is 1.86. The van der Waals surface area contributed by atoms with Gasteiger partial charge < -0.3 is 9.47 Å². The van der Waals surface area contributed by atoms with Crippen molar-refractivity contribution >= 4 is 7.60 Å². The maximum Gasteiger partial charge on any atom is 0.354 e. The van der Waals surface area contributed by atoms with Gasteiger partial charge in [-0.15, -0.1) is 0 Å². The Morgan fingerprint density at radius 2 is 1.71 bits per heavy atom. The van der Waals surface area contributed by atoms with Gasteiger partial charge in [-0.3, -0.25) is 13.6 Å².